The van der Waals surface area contributed by atoms with Crippen LogP contribution in [-0.2, 0) is 50.3 Å². The molecule has 0 rings (SSSR count). The van der Waals surface area contributed by atoms with Gasteiger partial charge in [-0.1, -0.05) is 0 Å². The zero-order chi connectivity index (χ0) is 25.0. The first-order valence-electron chi connectivity index (χ1n) is 3.83. The molecular formula is CoFeN7NiO21. The van der Waals surface area contributed by atoms with Crippen LogP contribution in [0.2, 0.25) is 0 Å². The van der Waals surface area contributed by atoms with Crippen molar-refractivity contribution in [3.63, 3.8) is 0 Å². The molecule has 0 spiro atoms. The van der Waals surface area contributed by atoms with Crippen molar-refractivity contribution in [1.29, 1.82) is 0 Å². The predicted octanol–water partition coefficient (Wildman–Crippen LogP) is -1.68. The fourth-order valence-corrected chi connectivity index (χ4v) is 0. The quantitative estimate of drug-likeness (QED) is 0.168. The Bertz CT molecular complexity index is 321. The van der Waals surface area contributed by atoms with Crippen LogP contribution in [-0.4, -0.2) is 35.6 Å². The number of rotatable bonds is 0. The number of hydrogen-bond acceptors (Lipinski definition) is 21. The summed E-state index contributed by atoms with van der Waals surface area (Å²) in [5.74, 6) is 0. The molecule has 0 amide bonds. The first-order chi connectivity index (χ1) is 12.1. The van der Waals surface area contributed by atoms with Crippen LogP contribution in [0.1, 0.15) is 0 Å². The molecule has 0 aliphatic rings. The van der Waals surface area contributed by atoms with Crippen LogP contribution in [0, 0.1) is 107 Å². The predicted molar refractivity (Wildman–Crippen MR) is 72.5 cm³/mol. The average molecular weight is 607 g/mol. The van der Waals surface area contributed by atoms with E-state index in [1.807, 2.05) is 0 Å². The van der Waals surface area contributed by atoms with Crippen LogP contribution in [0.5, 0.6) is 0 Å². The summed E-state index contributed by atoms with van der Waals surface area (Å²) in [5.41, 5.74) is 0. The van der Waals surface area contributed by atoms with Crippen LogP contribution < -0.4 is 0 Å². The normalized spacial score (nSPS) is 5.42. The fraction of sp³-hybridized carbons (Fsp3) is 0. The Hall–Kier alpha value is -4.08. The van der Waals surface area contributed by atoms with Crippen LogP contribution in [0.4, 0.5) is 0 Å². The summed E-state index contributed by atoms with van der Waals surface area (Å²) in [5, 5.41) is 103. The maximum atomic E-state index is 8.25. The molecule has 0 aromatic heterocycles. The molecule has 0 saturated heterocycles. The summed E-state index contributed by atoms with van der Waals surface area (Å²) in [6.07, 6.45) is 0. The smallest absolute Gasteiger partial charge is 0.356 e. The Morgan fingerprint density at radius 1 is 0.290 bits per heavy atom. The van der Waals surface area contributed by atoms with Crippen LogP contribution in [0.15, 0.2) is 0 Å². The van der Waals surface area contributed by atoms with E-state index in [0.717, 1.165) is 0 Å². The summed E-state index contributed by atoms with van der Waals surface area (Å²) in [6, 6.07) is 0. The second-order valence-electron chi connectivity index (χ2n) is 1.57. The third-order valence-corrected chi connectivity index (χ3v) is 0. The van der Waals surface area contributed by atoms with E-state index in [1.165, 1.54) is 0 Å². The molecule has 0 N–H and O–H groups in total. The largest absolute Gasteiger partial charge is 3.00 e. The molecular weight excluding hydrogens is 607 g/mol. The van der Waals surface area contributed by atoms with E-state index < -0.39 is 35.6 Å². The van der Waals surface area contributed by atoms with E-state index in [4.69, 9.17) is 107 Å². The summed E-state index contributed by atoms with van der Waals surface area (Å²) in [4.78, 5) is 57.8. The zero-order valence-electron chi connectivity index (χ0n) is 12.7. The Labute approximate surface area is 193 Å². The van der Waals surface area contributed by atoms with Gasteiger partial charge in [-0.2, -0.15) is 0 Å². The molecule has 0 aliphatic carbocycles. The maximum Gasteiger partial charge on any atom is 3.00 e. The molecule has 0 atom stereocenters. The van der Waals surface area contributed by atoms with E-state index in [1.54, 1.807) is 0 Å². The minimum Gasteiger partial charge on any atom is -0.356 e. The molecule has 2 radical (unpaired) electrons. The molecule has 31 heteroatoms. The Morgan fingerprint density at radius 2 is 0.290 bits per heavy atom. The van der Waals surface area contributed by atoms with Gasteiger partial charge in [-0.15, -0.1) is 0 Å². The molecule has 0 heterocycles. The molecule has 0 fully saturated rings. The molecule has 0 unspecified atom stereocenters. The summed E-state index contributed by atoms with van der Waals surface area (Å²) >= 11 is 0. The van der Waals surface area contributed by atoms with Crippen molar-refractivity contribution in [1.82, 2.24) is 0 Å². The first-order valence-corrected chi connectivity index (χ1v) is 3.83. The average Bonchev–Trinajstić information content (AvgIpc) is 2.20. The van der Waals surface area contributed by atoms with Gasteiger partial charge in [0.1, 0.15) is 0 Å². The van der Waals surface area contributed by atoms with Crippen molar-refractivity contribution in [3.05, 3.63) is 107 Å². The van der Waals surface area contributed by atoms with Crippen LogP contribution in [0.25, 0.3) is 0 Å². The van der Waals surface area contributed by atoms with E-state index in [9.17, 15) is 0 Å². The van der Waals surface area contributed by atoms with E-state index in [2.05, 4.69) is 0 Å². The first kappa shape index (κ1) is 63.2. The van der Waals surface area contributed by atoms with Gasteiger partial charge in [0.15, 0.2) is 0 Å². The van der Waals surface area contributed by atoms with Gasteiger partial charge in [0.25, 0.3) is 0 Å². The third-order valence-electron chi connectivity index (χ3n) is 0. The standard InChI is InChI=1S/Co.Fe.7NO3.Ni/c;;7*2-1(3)4;/q+2;+3;7*-1;+2. The zero-order valence-corrected chi connectivity index (χ0v) is 15.8. The Balaban J connectivity index is -0.0000000204. The Kier molecular flexibility index (Phi) is 115. The number of hydrogen-bond donors (Lipinski definition) is 0. The maximum absolute atomic E-state index is 8.25. The minimum atomic E-state index is -1.75. The van der Waals surface area contributed by atoms with Gasteiger partial charge in [0.2, 0.25) is 0 Å². The molecule has 0 saturated carbocycles. The molecule has 28 nitrogen and oxygen atoms in total. The SMILES string of the molecule is O=[N+]([O-])[O-].O=[N+]([O-])[O-].O=[N+]([O-])[O-].O=[N+]([O-])[O-].O=[N+]([O-])[O-].O=[N+]([O-])[O-].O=[N+]([O-])[O-].[Co+2].[Fe+3].[Ni+2]. The van der Waals surface area contributed by atoms with Crippen molar-refractivity contribution in [2.75, 3.05) is 0 Å². The number of nitrogens with zero attached hydrogens (tertiary/aromatic N) is 7. The van der Waals surface area contributed by atoms with Crippen molar-refractivity contribution in [3.8, 4) is 0 Å². The van der Waals surface area contributed by atoms with Crippen molar-refractivity contribution >= 4 is 0 Å². The van der Waals surface area contributed by atoms with Crippen molar-refractivity contribution in [2.24, 2.45) is 0 Å². The van der Waals surface area contributed by atoms with Gasteiger partial charge in [-0.3, -0.25) is 0 Å². The van der Waals surface area contributed by atoms with E-state index in [-0.39, 0.29) is 50.3 Å². The summed E-state index contributed by atoms with van der Waals surface area (Å²) < 4.78 is 0. The van der Waals surface area contributed by atoms with Gasteiger partial charge < -0.3 is 107 Å². The second kappa shape index (κ2) is 56.2. The van der Waals surface area contributed by atoms with Gasteiger partial charge >= 0.3 is 50.3 Å². The molecule has 188 valence electrons. The van der Waals surface area contributed by atoms with E-state index in [0.29, 0.717) is 0 Å². The molecule has 0 aromatic rings. The van der Waals surface area contributed by atoms with Crippen molar-refractivity contribution < 1.29 is 85.9 Å². The minimum absolute atomic E-state index is 0. The van der Waals surface area contributed by atoms with Crippen LogP contribution >= 0.6 is 0 Å². The third kappa shape index (κ3) is 891. The van der Waals surface area contributed by atoms with E-state index >= 15 is 0 Å². The fourth-order valence-electron chi connectivity index (χ4n) is 0. The molecule has 0 aliphatic heterocycles. The van der Waals surface area contributed by atoms with Gasteiger partial charge in [-0.05, 0) is 0 Å². The van der Waals surface area contributed by atoms with Crippen molar-refractivity contribution in [2.45, 2.75) is 0 Å². The summed E-state index contributed by atoms with van der Waals surface area (Å²) in [7, 11) is 0. The summed E-state index contributed by atoms with van der Waals surface area (Å²) in [6.45, 7) is 0. The molecule has 0 bridgehead atoms. The monoisotopic (exact) mass is 607 g/mol. The van der Waals surface area contributed by atoms with Crippen LogP contribution in [0.3, 0.4) is 0 Å². The topological polar surface area (TPSA) is 463 Å². The van der Waals surface area contributed by atoms with Gasteiger partial charge in [-0.25, -0.2) is 0 Å². The molecule has 31 heavy (non-hydrogen) atoms. The molecule has 0 aromatic carbocycles. The Morgan fingerprint density at radius 3 is 0.290 bits per heavy atom. The van der Waals surface area contributed by atoms with Gasteiger partial charge in [0.05, 0.1) is 35.6 Å². The second-order valence-corrected chi connectivity index (χ2v) is 1.57. The van der Waals surface area contributed by atoms with Gasteiger partial charge in [0, 0.05) is 0 Å².